The maximum Gasteiger partial charge on any atom is 0.0406 e. The molecule has 0 aromatic heterocycles. The molecule has 92 valence electrons. The van der Waals surface area contributed by atoms with E-state index in [0.717, 1.165) is 5.02 Å². The molecule has 1 heteroatoms. The van der Waals surface area contributed by atoms with Gasteiger partial charge >= 0.3 is 0 Å². The number of hydrogen-bond donors (Lipinski definition) is 0. The normalized spacial score (nSPS) is 9.50. The number of halogens is 1. The minimum Gasteiger partial charge on any atom is -0.0843 e. The first-order chi connectivity index (χ1) is 7.83. The molecule has 0 amide bonds. The third kappa shape index (κ3) is 7.76. The Labute approximate surface area is 106 Å². The zero-order chi connectivity index (χ0) is 12.2. The summed E-state index contributed by atoms with van der Waals surface area (Å²) in [5.41, 5.74) is 1.41. The fourth-order valence-corrected chi connectivity index (χ4v) is 1.71. The second kappa shape index (κ2) is 11.0. The predicted molar refractivity (Wildman–Crippen MR) is 75.3 cm³/mol. The highest BCUT2D eigenvalue weighted by Gasteiger charge is 1.93. The highest BCUT2D eigenvalue weighted by Crippen LogP contribution is 2.12. The summed E-state index contributed by atoms with van der Waals surface area (Å²) in [4.78, 5) is 0. The Morgan fingerprint density at radius 2 is 1.44 bits per heavy atom. The standard InChI is InChI=1S/C13H19Cl.C2H6/c1-2-3-4-5-6-7-12-8-10-13(14)11-9-12;1-2/h8-11H,2-7H2,1H3;1-2H3. The van der Waals surface area contributed by atoms with Crippen molar-refractivity contribution in [3.8, 4) is 0 Å². The van der Waals surface area contributed by atoms with Crippen LogP contribution in [0.3, 0.4) is 0 Å². The Bertz CT molecular complexity index is 238. The van der Waals surface area contributed by atoms with Crippen molar-refractivity contribution in [2.45, 2.75) is 59.3 Å². The van der Waals surface area contributed by atoms with Gasteiger partial charge in [-0.15, -0.1) is 0 Å². The van der Waals surface area contributed by atoms with Gasteiger partial charge < -0.3 is 0 Å². The summed E-state index contributed by atoms with van der Waals surface area (Å²) in [6, 6.07) is 8.20. The largest absolute Gasteiger partial charge is 0.0843 e. The molecular formula is C15H25Cl. The molecule has 1 aromatic carbocycles. The zero-order valence-electron chi connectivity index (χ0n) is 10.9. The Balaban J connectivity index is 0.00000106. The smallest absolute Gasteiger partial charge is 0.0406 e. The van der Waals surface area contributed by atoms with Crippen LogP contribution < -0.4 is 0 Å². The van der Waals surface area contributed by atoms with Crippen molar-refractivity contribution in [1.29, 1.82) is 0 Å². The monoisotopic (exact) mass is 240 g/mol. The average molecular weight is 241 g/mol. The first-order valence-corrected chi connectivity index (χ1v) is 6.95. The van der Waals surface area contributed by atoms with Gasteiger partial charge in [0.2, 0.25) is 0 Å². The van der Waals surface area contributed by atoms with Gasteiger partial charge in [0.15, 0.2) is 0 Å². The van der Waals surface area contributed by atoms with Gasteiger partial charge in [-0.3, -0.25) is 0 Å². The number of unbranched alkanes of at least 4 members (excludes halogenated alkanes) is 4. The molecule has 1 aromatic rings. The van der Waals surface area contributed by atoms with Crippen LogP contribution in [0.1, 0.15) is 58.4 Å². The van der Waals surface area contributed by atoms with Crippen molar-refractivity contribution >= 4 is 11.6 Å². The molecule has 0 radical (unpaired) electrons. The minimum atomic E-state index is 0.833. The van der Waals surface area contributed by atoms with Crippen molar-refractivity contribution < 1.29 is 0 Å². The van der Waals surface area contributed by atoms with E-state index in [1.807, 2.05) is 26.0 Å². The Hall–Kier alpha value is -0.490. The topological polar surface area (TPSA) is 0 Å². The summed E-state index contributed by atoms with van der Waals surface area (Å²) in [6.45, 7) is 6.25. The summed E-state index contributed by atoms with van der Waals surface area (Å²) >= 11 is 5.81. The van der Waals surface area contributed by atoms with Crippen molar-refractivity contribution in [3.63, 3.8) is 0 Å². The van der Waals surface area contributed by atoms with Crippen LogP contribution >= 0.6 is 11.6 Å². The van der Waals surface area contributed by atoms with Crippen molar-refractivity contribution in [2.75, 3.05) is 0 Å². The first kappa shape index (κ1) is 15.5. The Morgan fingerprint density at radius 1 is 0.875 bits per heavy atom. The van der Waals surface area contributed by atoms with Crippen LogP contribution in [0.2, 0.25) is 5.02 Å². The summed E-state index contributed by atoms with van der Waals surface area (Å²) in [5, 5.41) is 0.833. The maximum absolute atomic E-state index is 5.81. The lowest BCUT2D eigenvalue weighted by molar-refractivity contribution is 0.632. The number of aryl methyl sites for hydroxylation is 1. The first-order valence-electron chi connectivity index (χ1n) is 6.57. The van der Waals surface area contributed by atoms with Gasteiger partial charge in [0, 0.05) is 5.02 Å². The van der Waals surface area contributed by atoms with E-state index in [-0.39, 0.29) is 0 Å². The molecule has 16 heavy (non-hydrogen) atoms. The molecule has 0 aliphatic rings. The lowest BCUT2D eigenvalue weighted by atomic mass is 10.1. The van der Waals surface area contributed by atoms with Gasteiger partial charge in [0.25, 0.3) is 0 Å². The third-order valence-electron chi connectivity index (χ3n) is 2.48. The van der Waals surface area contributed by atoms with Crippen molar-refractivity contribution in [1.82, 2.24) is 0 Å². The number of rotatable bonds is 6. The van der Waals surface area contributed by atoms with E-state index < -0.39 is 0 Å². The number of hydrogen-bond acceptors (Lipinski definition) is 0. The Kier molecular flexibility index (Phi) is 10.7. The molecule has 0 fully saturated rings. The number of benzene rings is 1. The van der Waals surface area contributed by atoms with Gasteiger partial charge in [-0.2, -0.15) is 0 Å². The van der Waals surface area contributed by atoms with Gasteiger partial charge in [-0.05, 0) is 30.5 Å². The van der Waals surface area contributed by atoms with E-state index in [1.165, 1.54) is 44.1 Å². The van der Waals surface area contributed by atoms with E-state index in [0.29, 0.717) is 0 Å². The highest BCUT2D eigenvalue weighted by molar-refractivity contribution is 6.30. The van der Waals surface area contributed by atoms with E-state index in [2.05, 4.69) is 19.1 Å². The lowest BCUT2D eigenvalue weighted by Crippen LogP contribution is -1.85. The highest BCUT2D eigenvalue weighted by atomic mass is 35.5. The molecule has 1 rings (SSSR count). The second-order valence-electron chi connectivity index (χ2n) is 3.79. The molecule has 0 saturated heterocycles. The van der Waals surface area contributed by atoms with E-state index >= 15 is 0 Å². The molecule has 0 bridgehead atoms. The molecule has 0 spiro atoms. The molecule has 0 heterocycles. The molecular weight excluding hydrogens is 216 g/mol. The summed E-state index contributed by atoms with van der Waals surface area (Å²) < 4.78 is 0. The second-order valence-corrected chi connectivity index (χ2v) is 4.23. The quantitative estimate of drug-likeness (QED) is 0.545. The van der Waals surface area contributed by atoms with Gasteiger partial charge in [0.1, 0.15) is 0 Å². The van der Waals surface area contributed by atoms with Crippen molar-refractivity contribution in [3.05, 3.63) is 34.9 Å². The fourth-order valence-electron chi connectivity index (χ4n) is 1.58. The van der Waals surface area contributed by atoms with Gasteiger partial charge in [0.05, 0.1) is 0 Å². The molecule has 0 saturated carbocycles. The molecule has 0 N–H and O–H groups in total. The third-order valence-corrected chi connectivity index (χ3v) is 2.73. The molecule has 0 aliphatic carbocycles. The van der Waals surface area contributed by atoms with Crippen LogP contribution in [-0.2, 0) is 6.42 Å². The van der Waals surface area contributed by atoms with Crippen LogP contribution in [0.25, 0.3) is 0 Å². The molecule has 0 aliphatic heterocycles. The molecule has 0 atom stereocenters. The summed E-state index contributed by atoms with van der Waals surface area (Å²) in [7, 11) is 0. The molecule has 0 nitrogen and oxygen atoms in total. The Morgan fingerprint density at radius 3 is 2.00 bits per heavy atom. The van der Waals surface area contributed by atoms with Crippen LogP contribution in [0.4, 0.5) is 0 Å². The summed E-state index contributed by atoms with van der Waals surface area (Å²) in [5.74, 6) is 0. The van der Waals surface area contributed by atoms with Gasteiger partial charge in [-0.1, -0.05) is 70.2 Å². The minimum absolute atomic E-state index is 0.833. The van der Waals surface area contributed by atoms with Crippen molar-refractivity contribution in [2.24, 2.45) is 0 Å². The fraction of sp³-hybridized carbons (Fsp3) is 0.600. The SMILES string of the molecule is CC.CCCCCCCc1ccc(Cl)cc1. The summed E-state index contributed by atoms with van der Waals surface area (Å²) in [6.07, 6.45) is 7.94. The van der Waals surface area contributed by atoms with E-state index in [9.17, 15) is 0 Å². The maximum atomic E-state index is 5.81. The van der Waals surface area contributed by atoms with Crippen LogP contribution in [0.5, 0.6) is 0 Å². The van der Waals surface area contributed by atoms with Crippen LogP contribution in [0.15, 0.2) is 24.3 Å². The van der Waals surface area contributed by atoms with E-state index in [4.69, 9.17) is 11.6 Å². The molecule has 0 unspecified atom stereocenters. The van der Waals surface area contributed by atoms with Crippen LogP contribution in [0, 0.1) is 0 Å². The lowest BCUT2D eigenvalue weighted by Gasteiger charge is -2.01. The van der Waals surface area contributed by atoms with E-state index in [1.54, 1.807) is 0 Å². The predicted octanol–water partition coefficient (Wildman–Crippen LogP) is 5.88. The average Bonchev–Trinajstić information content (AvgIpc) is 2.34. The zero-order valence-corrected chi connectivity index (χ0v) is 11.7. The van der Waals surface area contributed by atoms with Crippen LogP contribution in [-0.4, -0.2) is 0 Å². The van der Waals surface area contributed by atoms with Gasteiger partial charge in [-0.25, -0.2) is 0 Å².